The average molecular weight is 255 g/mol. The Morgan fingerprint density at radius 1 is 1.44 bits per heavy atom. The molecule has 4 N–H and O–H groups in total. The van der Waals surface area contributed by atoms with E-state index in [4.69, 9.17) is 10.9 Å². The van der Waals surface area contributed by atoms with Crippen LogP contribution in [0.25, 0.3) is 0 Å². The summed E-state index contributed by atoms with van der Waals surface area (Å²) in [5.41, 5.74) is 5.39. The number of rotatable bonds is 6. The summed E-state index contributed by atoms with van der Waals surface area (Å²) in [5, 5.41) is 14.7. The number of oxime groups is 1. The summed E-state index contributed by atoms with van der Waals surface area (Å²) >= 11 is 0. The number of hydrogen-bond acceptors (Lipinski definition) is 3. The van der Waals surface area contributed by atoms with Crippen molar-refractivity contribution in [1.29, 1.82) is 0 Å². The Kier molecular flexibility index (Phi) is 5.44. The molecule has 1 aliphatic rings. The van der Waals surface area contributed by atoms with E-state index in [0.717, 1.165) is 38.5 Å². The van der Waals surface area contributed by atoms with Gasteiger partial charge in [0, 0.05) is 5.41 Å². The zero-order valence-electron chi connectivity index (χ0n) is 11.4. The van der Waals surface area contributed by atoms with Crippen LogP contribution in [0.2, 0.25) is 0 Å². The normalized spacial score (nSPS) is 20.7. The summed E-state index contributed by atoms with van der Waals surface area (Å²) in [5.74, 6) is 0.155. The van der Waals surface area contributed by atoms with Crippen LogP contribution in [-0.4, -0.2) is 23.0 Å². The molecule has 5 heteroatoms. The molecule has 104 valence electrons. The van der Waals surface area contributed by atoms with Crippen LogP contribution >= 0.6 is 0 Å². The number of nitrogens with two attached hydrogens (primary N) is 1. The van der Waals surface area contributed by atoms with E-state index in [2.05, 4.69) is 17.4 Å². The van der Waals surface area contributed by atoms with E-state index < -0.39 is 0 Å². The quantitative estimate of drug-likeness (QED) is 0.293. The summed E-state index contributed by atoms with van der Waals surface area (Å²) in [4.78, 5) is 12.4. The maximum Gasteiger partial charge on any atom is 0.226 e. The highest BCUT2D eigenvalue weighted by atomic mass is 16.4. The minimum atomic E-state index is -0.350. The topological polar surface area (TPSA) is 87.7 Å². The second kappa shape index (κ2) is 6.61. The molecule has 5 nitrogen and oxygen atoms in total. The fourth-order valence-electron chi connectivity index (χ4n) is 2.76. The number of carbonyl (C=O) groups excluding carboxylic acids is 1. The van der Waals surface area contributed by atoms with Crippen molar-refractivity contribution in [2.24, 2.45) is 16.3 Å². The smallest absolute Gasteiger partial charge is 0.226 e. The van der Waals surface area contributed by atoms with E-state index in [9.17, 15) is 4.79 Å². The predicted octanol–water partition coefficient (Wildman–Crippen LogP) is 1.99. The fraction of sp³-hybridized carbons (Fsp3) is 0.846. The third kappa shape index (κ3) is 3.15. The number of carbonyl (C=O) groups is 1. The lowest BCUT2D eigenvalue weighted by Crippen LogP contribution is -2.49. The molecule has 0 aromatic heterocycles. The van der Waals surface area contributed by atoms with Crippen LogP contribution in [0.4, 0.5) is 0 Å². The Morgan fingerprint density at radius 3 is 2.50 bits per heavy atom. The first-order valence-corrected chi connectivity index (χ1v) is 6.88. The lowest BCUT2D eigenvalue weighted by Gasteiger charge is -2.28. The van der Waals surface area contributed by atoms with Gasteiger partial charge < -0.3 is 16.3 Å². The Balaban J connectivity index is 2.71. The Bertz CT molecular complexity index is 309. The fourth-order valence-corrected chi connectivity index (χ4v) is 2.76. The van der Waals surface area contributed by atoms with Gasteiger partial charge in [-0.1, -0.05) is 38.3 Å². The van der Waals surface area contributed by atoms with Gasteiger partial charge in [-0.05, 0) is 25.7 Å². The van der Waals surface area contributed by atoms with Gasteiger partial charge in [0.2, 0.25) is 5.91 Å². The minimum Gasteiger partial charge on any atom is -0.409 e. The van der Waals surface area contributed by atoms with Crippen molar-refractivity contribution in [3.8, 4) is 0 Å². The molecule has 1 atom stereocenters. The predicted molar refractivity (Wildman–Crippen MR) is 71.4 cm³/mol. The molecule has 1 amide bonds. The Labute approximate surface area is 109 Å². The number of amidine groups is 1. The van der Waals surface area contributed by atoms with Gasteiger partial charge in [-0.15, -0.1) is 0 Å². The molecule has 1 fully saturated rings. The maximum absolute atomic E-state index is 12.4. The van der Waals surface area contributed by atoms with Crippen molar-refractivity contribution in [3.63, 3.8) is 0 Å². The van der Waals surface area contributed by atoms with Crippen LogP contribution in [0, 0.1) is 5.41 Å². The molecule has 1 rings (SSSR count). The maximum atomic E-state index is 12.4. The molecule has 18 heavy (non-hydrogen) atoms. The van der Waals surface area contributed by atoms with E-state index in [1.165, 1.54) is 0 Å². The van der Waals surface area contributed by atoms with E-state index in [-0.39, 0.29) is 23.2 Å². The molecule has 0 heterocycles. The second-order valence-corrected chi connectivity index (χ2v) is 5.18. The van der Waals surface area contributed by atoms with Gasteiger partial charge in [0.05, 0.1) is 6.04 Å². The lowest BCUT2D eigenvalue weighted by molar-refractivity contribution is -0.131. The van der Waals surface area contributed by atoms with Crippen molar-refractivity contribution < 1.29 is 10.0 Å². The molecule has 0 aliphatic heterocycles. The van der Waals surface area contributed by atoms with Gasteiger partial charge in [-0.3, -0.25) is 4.79 Å². The summed E-state index contributed by atoms with van der Waals surface area (Å²) in [6.45, 7) is 4.07. The average Bonchev–Trinajstić information content (AvgIpc) is 2.87. The van der Waals surface area contributed by atoms with E-state index in [1.54, 1.807) is 0 Å². The van der Waals surface area contributed by atoms with Crippen molar-refractivity contribution >= 4 is 11.7 Å². The van der Waals surface area contributed by atoms with E-state index in [0.29, 0.717) is 6.42 Å². The summed E-state index contributed by atoms with van der Waals surface area (Å²) in [6, 6.07) is -0.350. The van der Waals surface area contributed by atoms with Crippen molar-refractivity contribution in [3.05, 3.63) is 0 Å². The van der Waals surface area contributed by atoms with E-state index in [1.807, 2.05) is 6.92 Å². The van der Waals surface area contributed by atoms with Crippen molar-refractivity contribution in [2.75, 3.05) is 0 Å². The molecule has 0 aromatic rings. The van der Waals surface area contributed by atoms with Crippen LogP contribution in [0.1, 0.15) is 58.8 Å². The molecule has 0 radical (unpaired) electrons. The van der Waals surface area contributed by atoms with Crippen molar-refractivity contribution in [1.82, 2.24) is 5.32 Å². The first-order chi connectivity index (χ1) is 8.59. The van der Waals surface area contributed by atoms with Gasteiger partial charge in [0.15, 0.2) is 5.84 Å². The van der Waals surface area contributed by atoms with Gasteiger partial charge in [-0.2, -0.15) is 0 Å². The third-order valence-electron chi connectivity index (χ3n) is 4.07. The summed E-state index contributed by atoms with van der Waals surface area (Å²) < 4.78 is 0. The molecule has 0 aromatic carbocycles. The molecule has 0 saturated heterocycles. The summed E-state index contributed by atoms with van der Waals surface area (Å²) in [7, 11) is 0. The van der Waals surface area contributed by atoms with Gasteiger partial charge >= 0.3 is 0 Å². The van der Waals surface area contributed by atoms with E-state index >= 15 is 0 Å². The second-order valence-electron chi connectivity index (χ2n) is 5.18. The number of amides is 1. The highest BCUT2D eigenvalue weighted by Crippen LogP contribution is 2.41. The van der Waals surface area contributed by atoms with Gasteiger partial charge in [-0.25, -0.2) is 0 Å². The zero-order valence-corrected chi connectivity index (χ0v) is 11.4. The Hall–Kier alpha value is -1.26. The number of nitrogens with one attached hydrogen (secondary N) is 1. The monoisotopic (exact) mass is 255 g/mol. The van der Waals surface area contributed by atoms with Crippen LogP contribution < -0.4 is 11.1 Å². The third-order valence-corrected chi connectivity index (χ3v) is 4.07. The number of hydrogen-bond donors (Lipinski definition) is 3. The lowest BCUT2D eigenvalue weighted by atomic mass is 9.82. The SMILES string of the molecule is CCCC(NC(=O)C1(CC)CCCC1)C(N)=NO. The standard InChI is InChI=1S/C13H25N3O2/c1-3-7-10(11(14)16-18)15-12(17)13(4-2)8-5-6-9-13/h10,18H,3-9H2,1-2H3,(H2,14,16)(H,15,17). The zero-order chi connectivity index (χ0) is 13.6. The van der Waals surface area contributed by atoms with Gasteiger partial charge in [0.1, 0.15) is 0 Å². The Morgan fingerprint density at radius 2 is 2.06 bits per heavy atom. The molecule has 0 spiro atoms. The van der Waals surface area contributed by atoms with Crippen LogP contribution in [0.5, 0.6) is 0 Å². The largest absolute Gasteiger partial charge is 0.409 e. The summed E-state index contributed by atoms with van der Waals surface area (Å²) in [6.07, 6.45) is 6.55. The van der Waals surface area contributed by atoms with Crippen LogP contribution in [0.3, 0.4) is 0 Å². The van der Waals surface area contributed by atoms with Gasteiger partial charge in [0.25, 0.3) is 0 Å². The van der Waals surface area contributed by atoms with Crippen molar-refractivity contribution in [2.45, 2.75) is 64.8 Å². The molecule has 1 aliphatic carbocycles. The highest BCUT2D eigenvalue weighted by molar-refractivity contribution is 5.91. The molecular formula is C13H25N3O2. The van der Waals surface area contributed by atoms with Crippen LogP contribution in [0.15, 0.2) is 5.16 Å². The molecule has 1 unspecified atom stereocenters. The highest BCUT2D eigenvalue weighted by Gasteiger charge is 2.40. The first-order valence-electron chi connectivity index (χ1n) is 6.88. The molecular weight excluding hydrogens is 230 g/mol. The number of nitrogens with zero attached hydrogens (tertiary/aromatic N) is 1. The molecule has 0 bridgehead atoms. The van der Waals surface area contributed by atoms with Crippen LogP contribution in [-0.2, 0) is 4.79 Å². The molecule has 1 saturated carbocycles. The first kappa shape index (κ1) is 14.8. The minimum absolute atomic E-state index is 0.0625.